The van der Waals surface area contributed by atoms with Crippen molar-refractivity contribution in [2.75, 3.05) is 25.5 Å². The molecule has 0 aliphatic carbocycles. The van der Waals surface area contributed by atoms with E-state index in [1.807, 2.05) is 13.1 Å². The van der Waals surface area contributed by atoms with E-state index in [0.717, 1.165) is 18.7 Å². The maximum absolute atomic E-state index is 5.56. The van der Waals surface area contributed by atoms with Gasteiger partial charge in [-0.2, -0.15) is 0 Å². The minimum Gasteiger partial charge on any atom is -0.383 e. The van der Waals surface area contributed by atoms with Gasteiger partial charge in [-0.05, 0) is 43.3 Å². The van der Waals surface area contributed by atoms with E-state index in [9.17, 15) is 0 Å². The van der Waals surface area contributed by atoms with Crippen LogP contribution in [0, 0.1) is 0 Å². The predicted molar refractivity (Wildman–Crippen MR) is 85.9 cm³/mol. The molecule has 0 fully saturated rings. The van der Waals surface area contributed by atoms with E-state index in [1.54, 1.807) is 0 Å². The standard InChI is InChI=1S/C17H23N3/c1-19-17(15-5-3-2-4-6-15)13-20-16-9-7-14(8-10-16)11-12-18/h2-10,17,19-20H,11-13,18H2,1H3. The maximum atomic E-state index is 5.56. The van der Waals surface area contributed by atoms with Crippen molar-refractivity contribution in [1.82, 2.24) is 5.32 Å². The summed E-state index contributed by atoms with van der Waals surface area (Å²) in [6.45, 7) is 1.55. The number of anilines is 1. The zero-order chi connectivity index (χ0) is 14.2. The van der Waals surface area contributed by atoms with Crippen molar-refractivity contribution in [3.63, 3.8) is 0 Å². The molecule has 2 aromatic carbocycles. The third-order valence-corrected chi connectivity index (χ3v) is 3.45. The highest BCUT2D eigenvalue weighted by molar-refractivity contribution is 5.45. The summed E-state index contributed by atoms with van der Waals surface area (Å²) >= 11 is 0. The van der Waals surface area contributed by atoms with Crippen molar-refractivity contribution < 1.29 is 0 Å². The molecule has 0 radical (unpaired) electrons. The van der Waals surface area contributed by atoms with Crippen LogP contribution in [0.1, 0.15) is 17.2 Å². The van der Waals surface area contributed by atoms with Crippen LogP contribution < -0.4 is 16.4 Å². The third kappa shape index (κ3) is 4.08. The second kappa shape index (κ2) is 7.68. The Balaban J connectivity index is 1.93. The molecule has 0 heterocycles. The van der Waals surface area contributed by atoms with Gasteiger partial charge < -0.3 is 16.4 Å². The van der Waals surface area contributed by atoms with E-state index in [0.29, 0.717) is 12.6 Å². The van der Waals surface area contributed by atoms with Gasteiger partial charge in [0.05, 0.1) is 0 Å². The van der Waals surface area contributed by atoms with Gasteiger partial charge in [-0.25, -0.2) is 0 Å². The third-order valence-electron chi connectivity index (χ3n) is 3.45. The molecule has 0 aromatic heterocycles. The van der Waals surface area contributed by atoms with Crippen LogP contribution in [0.15, 0.2) is 54.6 Å². The van der Waals surface area contributed by atoms with Crippen LogP contribution >= 0.6 is 0 Å². The fourth-order valence-corrected chi connectivity index (χ4v) is 2.25. The minimum absolute atomic E-state index is 0.305. The first-order chi connectivity index (χ1) is 9.83. The van der Waals surface area contributed by atoms with Gasteiger partial charge in [0.2, 0.25) is 0 Å². The quantitative estimate of drug-likeness (QED) is 0.724. The summed E-state index contributed by atoms with van der Waals surface area (Å²) in [5, 5.41) is 6.81. The fraction of sp³-hybridized carbons (Fsp3) is 0.294. The second-order valence-electron chi connectivity index (χ2n) is 4.87. The first-order valence-electron chi connectivity index (χ1n) is 7.08. The van der Waals surface area contributed by atoms with Gasteiger partial charge in [-0.3, -0.25) is 0 Å². The molecule has 0 aliphatic heterocycles. The molecule has 106 valence electrons. The zero-order valence-corrected chi connectivity index (χ0v) is 12.0. The van der Waals surface area contributed by atoms with Crippen molar-refractivity contribution in [3.05, 3.63) is 65.7 Å². The molecule has 0 saturated heterocycles. The molecule has 2 aromatic rings. The highest BCUT2D eigenvalue weighted by Gasteiger charge is 2.07. The summed E-state index contributed by atoms with van der Waals surface area (Å²) in [5.41, 5.74) is 9.27. The lowest BCUT2D eigenvalue weighted by molar-refractivity contribution is 0.622. The van der Waals surface area contributed by atoms with Crippen molar-refractivity contribution in [2.45, 2.75) is 12.5 Å². The van der Waals surface area contributed by atoms with Crippen LogP contribution in [-0.2, 0) is 6.42 Å². The van der Waals surface area contributed by atoms with Crippen LogP contribution in [0.5, 0.6) is 0 Å². The molecular weight excluding hydrogens is 246 g/mol. The molecule has 1 unspecified atom stereocenters. The smallest absolute Gasteiger partial charge is 0.0493 e. The van der Waals surface area contributed by atoms with Gasteiger partial charge in [-0.1, -0.05) is 42.5 Å². The van der Waals surface area contributed by atoms with Crippen molar-refractivity contribution >= 4 is 5.69 Å². The monoisotopic (exact) mass is 269 g/mol. The topological polar surface area (TPSA) is 50.1 Å². The summed E-state index contributed by atoms with van der Waals surface area (Å²) < 4.78 is 0. The van der Waals surface area contributed by atoms with E-state index in [1.165, 1.54) is 11.1 Å². The first-order valence-corrected chi connectivity index (χ1v) is 7.08. The summed E-state index contributed by atoms with van der Waals surface area (Å²) in [4.78, 5) is 0. The molecule has 2 rings (SSSR count). The molecule has 0 saturated carbocycles. The lowest BCUT2D eigenvalue weighted by Gasteiger charge is -2.18. The van der Waals surface area contributed by atoms with Gasteiger partial charge in [0.15, 0.2) is 0 Å². The Morgan fingerprint density at radius 3 is 2.30 bits per heavy atom. The summed E-state index contributed by atoms with van der Waals surface area (Å²) in [6, 6.07) is 19.3. The van der Waals surface area contributed by atoms with Gasteiger partial charge in [0.1, 0.15) is 0 Å². The van der Waals surface area contributed by atoms with Crippen LogP contribution in [0.3, 0.4) is 0 Å². The van der Waals surface area contributed by atoms with Gasteiger partial charge in [0, 0.05) is 18.3 Å². The van der Waals surface area contributed by atoms with Crippen LogP contribution in [0.2, 0.25) is 0 Å². The number of nitrogens with two attached hydrogens (primary N) is 1. The fourth-order valence-electron chi connectivity index (χ4n) is 2.25. The van der Waals surface area contributed by atoms with Crippen molar-refractivity contribution in [2.24, 2.45) is 5.73 Å². The Labute approximate surface area is 121 Å². The molecule has 0 spiro atoms. The van der Waals surface area contributed by atoms with E-state index < -0.39 is 0 Å². The van der Waals surface area contributed by atoms with Crippen LogP contribution in [0.4, 0.5) is 5.69 Å². The number of likely N-dealkylation sites (N-methyl/N-ethyl adjacent to an activating group) is 1. The number of rotatable bonds is 7. The van der Waals surface area contributed by atoms with Gasteiger partial charge in [0.25, 0.3) is 0 Å². The molecule has 4 N–H and O–H groups in total. The lowest BCUT2D eigenvalue weighted by Crippen LogP contribution is -2.24. The molecule has 0 amide bonds. The van der Waals surface area contributed by atoms with Gasteiger partial charge in [-0.15, -0.1) is 0 Å². The zero-order valence-electron chi connectivity index (χ0n) is 12.0. The highest BCUT2D eigenvalue weighted by Crippen LogP contribution is 2.15. The average molecular weight is 269 g/mol. The molecule has 3 heteroatoms. The number of hydrogen-bond donors (Lipinski definition) is 3. The Bertz CT molecular complexity index is 493. The predicted octanol–water partition coefficient (Wildman–Crippen LogP) is 2.56. The highest BCUT2D eigenvalue weighted by atomic mass is 15.0. The Hall–Kier alpha value is -1.84. The van der Waals surface area contributed by atoms with Crippen molar-refractivity contribution in [1.29, 1.82) is 0 Å². The lowest BCUT2D eigenvalue weighted by atomic mass is 10.1. The summed E-state index contributed by atoms with van der Waals surface area (Å²) in [5.74, 6) is 0. The number of nitrogens with one attached hydrogen (secondary N) is 2. The maximum Gasteiger partial charge on any atom is 0.0493 e. The molecule has 20 heavy (non-hydrogen) atoms. The number of benzene rings is 2. The Morgan fingerprint density at radius 1 is 1.00 bits per heavy atom. The molecular formula is C17H23N3. The van der Waals surface area contributed by atoms with Crippen LogP contribution in [0.25, 0.3) is 0 Å². The average Bonchev–Trinajstić information content (AvgIpc) is 2.51. The van der Waals surface area contributed by atoms with E-state index in [2.05, 4.69) is 59.2 Å². The molecule has 3 nitrogen and oxygen atoms in total. The minimum atomic E-state index is 0.305. The Morgan fingerprint density at radius 2 is 1.70 bits per heavy atom. The molecule has 1 atom stereocenters. The van der Waals surface area contributed by atoms with E-state index in [-0.39, 0.29) is 0 Å². The SMILES string of the molecule is CNC(CNc1ccc(CCN)cc1)c1ccccc1. The largest absolute Gasteiger partial charge is 0.383 e. The van der Waals surface area contributed by atoms with E-state index >= 15 is 0 Å². The first kappa shape index (κ1) is 14.6. The van der Waals surface area contributed by atoms with Crippen molar-refractivity contribution in [3.8, 4) is 0 Å². The Kier molecular flexibility index (Phi) is 5.59. The second-order valence-corrected chi connectivity index (χ2v) is 4.87. The molecule has 0 bridgehead atoms. The molecule has 0 aliphatic rings. The number of hydrogen-bond acceptors (Lipinski definition) is 3. The normalized spacial score (nSPS) is 12.1. The summed E-state index contributed by atoms with van der Waals surface area (Å²) in [7, 11) is 1.99. The van der Waals surface area contributed by atoms with Crippen LogP contribution in [-0.4, -0.2) is 20.1 Å². The van der Waals surface area contributed by atoms with Gasteiger partial charge >= 0.3 is 0 Å². The van der Waals surface area contributed by atoms with E-state index in [4.69, 9.17) is 5.73 Å². The summed E-state index contributed by atoms with van der Waals surface area (Å²) in [6.07, 6.45) is 0.934.